The second-order valence-electron chi connectivity index (χ2n) is 4.39. The molecule has 0 radical (unpaired) electrons. The van der Waals surface area contributed by atoms with Crippen LogP contribution in [0.4, 0.5) is 5.69 Å². The molecule has 0 saturated heterocycles. The van der Waals surface area contributed by atoms with Gasteiger partial charge in [0.25, 0.3) is 0 Å². The van der Waals surface area contributed by atoms with Gasteiger partial charge in [-0.1, -0.05) is 11.6 Å². The van der Waals surface area contributed by atoms with Gasteiger partial charge in [0.2, 0.25) is 0 Å². The minimum absolute atomic E-state index is 0.0734. The third kappa shape index (κ3) is 5.51. The van der Waals surface area contributed by atoms with Crippen LogP contribution in [0.15, 0.2) is 18.2 Å². The molecule has 1 aromatic rings. The van der Waals surface area contributed by atoms with Crippen molar-refractivity contribution in [3.63, 3.8) is 0 Å². The Morgan fingerprint density at radius 2 is 1.82 bits per heavy atom. The van der Waals surface area contributed by atoms with E-state index in [0.29, 0.717) is 18.2 Å². The normalized spacial score (nSPS) is 10.3. The number of hydrogen-bond donors (Lipinski definition) is 2. The van der Waals surface area contributed by atoms with E-state index in [1.807, 2.05) is 0 Å². The summed E-state index contributed by atoms with van der Waals surface area (Å²) in [4.78, 5) is 25.5. The van der Waals surface area contributed by atoms with Crippen molar-refractivity contribution in [3.8, 4) is 5.75 Å². The molecule has 0 fully saturated rings. The van der Waals surface area contributed by atoms with Crippen LogP contribution in [0.3, 0.4) is 0 Å². The van der Waals surface area contributed by atoms with Crippen molar-refractivity contribution in [1.82, 2.24) is 4.90 Å². The molecule has 0 aliphatic rings. The van der Waals surface area contributed by atoms with Crippen LogP contribution in [0.25, 0.3) is 0 Å². The predicted octanol–water partition coefficient (Wildman–Crippen LogP) is 1.11. The molecular formula is C14H19ClN2O5. The van der Waals surface area contributed by atoms with E-state index in [1.54, 1.807) is 0 Å². The number of aromatic hydroxyl groups is 1. The van der Waals surface area contributed by atoms with Crippen molar-refractivity contribution >= 4 is 29.1 Å². The summed E-state index contributed by atoms with van der Waals surface area (Å²) in [6, 6.07) is 4.16. The van der Waals surface area contributed by atoms with E-state index in [4.69, 9.17) is 21.1 Å². The van der Waals surface area contributed by atoms with Crippen LogP contribution < -0.4 is 5.32 Å². The molecule has 1 aromatic carbocycles. The van der Waals surface area contributed by atoms with Gasteiger partial charge in [0.05, 0.1) is 18.9 Å². The van der Waals surface area contributed by atoms with Gasteiger partial charge in [0, 0.05) is 32.3 Å². The molecule has 0 bridgehead atoms. The molecule has 0 aliphatic heterocycles. The van der Waals surface area contributed by atoms with Gasteiger partial charge in [-0.25, -0.2) is 0 Å². The van der Waals surface area contributed by atoms with Gasteiger partial charge < -0.3 is 24.8 Å². The summed E-state index contributed by atoms with van der Waals surface area (Å²) in [5.74, 6) is -1.79. The van der Waals surface area contributed by atoms with E-state index in [9.17, 15) is 14.7 Å². The van der Waals surface area contributed by atoms with Crippen molar-refractivity contribution in [2.45, 2.75) is 0 Å². The summed E-state index contributed by atoms with van der Waals surface area (Å²) in [5, 5.41) is 12.3. The van der Waals surface area contributed by atoms with Gasteiger partial charge in [-0.2, -0.15) is 0 Å². The molecule has 0 saturated carbocycles. The van der Waals surface area contributed by atoms with Crippen LogP contribution in [0, 0.1) is 0 Å². The molecule has 22 heavy (non-hydrogen) atoms. The number of anilines is 1. The van der Waals surface area contributed by atoms with Crippen molar-refractivity contribution in [1.29, 1.82) is 0 Å². The molecule has 1 rings (SSSR count). The number of nitrogens with one attached hydrogen (secondary N) is 1. The van der Waals surface area contributed by atoms with Crippen LogP contribution >= 0.6 is 11.6 Å². The first kappa shape index (κ1) is 18.2. The van der Waals surface area contributed by atoms with Crippen molar-refractivity contribution < 1.29 is 24.2 Å². The highest BCUT2D eigenvalue weighted by Crippen LogP contribution is 2.26. The number of benzene rings is 1. The van der Waals surface area contributed by atoms with Crippen molar-refractivity contribution in [2.24, 2.45) is 0 Å². The maximum Gasteiger partial charge on any atom is 0.314 e. The predicted molar refractivity (Wildman–Crippen MR) is 82.1 cm³/mol. The monoisotopic (exact) mass is 330 g/mol. The molecule has 0 heterocycles. The zero-order valence-corrected chi connectivity index (χ0v) is 13.2. The minimum atomic E-state index is -0.871. The Labute approximate surface area is 133 Å². The highest BCUT2D eigenvalue weighted by molar-refractivity contribution is 6.40. The summed E-state index contributed by atoms with van der Waals surface area (Å²) < 4.78 is 9.82. The Balaban J connectivity index is 2.75. The molecular weight excluding hydrogens is 312 g/mol. The smallest absolute Gasteiger partial charge is 0.314 e. The molecule has 0 unspecified atom stereocenters. The Kier molecular flexibility index (Phi) is 7.65. The molecule has 0 spiro atoms. The third-order valence-electron chi connectivity index (χ3n) is 2.82. The SMILES string of the molecule is COCCN(CCOC)C(=O)C(=O)Nc1cc(Cl)ccc1O. The van der Waals surface area contributed by atoms with E-state index >= 15 is 0 Å². The lowest BCUT2D eigenvalue weighted by Crippen LogP contribution is -2.43. The van der Waals surface area contributed by atoms with E-state index < -0.39 is 11.8 Å². The fraction of sp³-hybridized carbons (Fsp3) is 0.429. The maximum absolute atomic E-state index is 12.1. The fourth-order valence-electron chi connectivity index (χ4n) is 1.65. The molecule has 7 nitrogen and oxygen atoms in total. The van der Waals surface area contributed by atoms with Crippen LogP contribution in [0.2, 0.25) is 5.02 Å². The molecule has 0 aromatic heterocycles. The van der Waals surface area contributed by atoms with Gasteiger partial charge in [0.1, 0.15) is 5.75 Å². The third-order valence-corrected chi connectivity index (χ3v) is 3.05. The van der Waals surface area contributed by atoms with Gasteiger partial charge in [-0.3, -0.25) is 9.59 Å². The standard InChI is InChI=1S/C14H19ClN2O5/c1-21-7-5-17(6-8-22-2)14(20)13(19)16-11-9-10(15)3-4-12(11)18/h3-4,9,18H,5-8H2,1-2H3,(H,16,19). The van der Waals surface area contributed by atoms with Gasteiger partial charge in [-0.15, -0.1) is 0 Å². The fourth-order valence-corrected chi connectivity index (χ4v) is 1.82. The summed E-state index contributed by atoms with van der Waals surface area (Å²) in [7, 11) is 3.01. The lowest BCUT2D eigenvalue weighted by Gasteiger charge is -2.21. The zero-order valence-electron chi connectivity index (χ0n) is 12.5. The zero-order chi connectivity index (χ0) is 16.5. The number of phenols is 1. The lowest BCUT2D eigenvalue weighted by molar-refractivity contribution is -0.144. The molecule has 0 aliphatic carbocycles. The van der Waals surface area contributed by atoms with Gasteiger partial charge in [0.15, 0.2) is 0 Å². The topological polar surface area (TPSA) is 88.1 Å². The number of carbonyl (C=O) groups excluding carboxylic acids is 2. The van der Waals surface area contributed by atoms with Crippen LogP contribution in [-0.2, 0) is 19.1 Å². The number of phenolic OH excluding ortho intramolecular Hbond substituents is 1. The van der Waals surface area contributed by atoms with E-state index in [0.717, 1.165) is 0 Å². The first-order chi connectivity index (χ1) is 10.5. The quantitative estimate of drug-likeness (QED) is 0.577. The van der Waals surface area contributed by atoms with Crippen molar-refractivity contribution in [2.75, 3.05) is 45.8 Å². The Bertz CT molecular complexity index is 516. The number of rotatable bonds is 7. The minimum Gasteiger partial charge on any atom is -0.506 e. The number of hydrogen-bond acceptors (Lipinski definition) is 5. The van der Waals surface area contributed by atoms with Crippen LogP contribution in [0.5, 0.6) is 5.75 Å². The van der Waals surface area contributed by atoms with Crippen LogP contribution in [0.1, 0.15) is 0 Å². The number of carbonyl (C=O) groups is 2. The lowest BCUT2D eigenvalue weighted by atomic mass is 10.3. The highest BCUT2D eigenvalue weighted by atomic mass is 35.5. The summed E-state index contributed by atoms with van der Waals surface area (Å²) in [6.45, 7) is 1.11. The number of methoxy groups -OCH3 is 2. The van der Waals surface area contributed by atoms with Gasteiger partial charge >= 0.3 is 11.8 Å². The Morgan fingerprint density at radius 3 is 2.36 bits per heavy atom. The molecule has 2 N–H and O–H groups in total. The molecule has 8 heteroatoms. The molecule has 122 valence electrons. The number of nitrogens with zero attached hydrogens (tertiary/aromatic N) is 1. The Morgan fingerprint density at radius 1 is 1.23 bits per heavy atom. The van der Waals surface area contributed by atoms with E-state index in [-0.39, 0.29) is 24.5 Å². The number of ether oxygens (including phenoxy) is 2. The summed E-state index contributed by atoms with van der Waals surface area (Å²) in [5.41, 5.74) is 0.0734. The summed E-state index contributed by atoms with van der Waals surface area (Å²) in [6.07, 6.45) is 0. The molecule has 0 atom stereocenters. The Hall–Kier alpha value is -1.83. The summed E-state index contributed by atoms with van der Waals surface area (Å²) >= 11 is 5.79. The largest absolute Gasteiger partial charge is 0.506 e. The van der Waals surface area contributed by atoms with Crippen LogP contribution in [-0.4, -0.2) is 62.3 Å². The number of halogens is 1. The second kappa shape index (κ2) is 9.24. The number of amides is 2. The maximum atomic E-state index is 12.1. The average molecular weight is 331 g/mol. The van der Waals surface area contributed by atoms with Crippen molar-refractivity contribution in [3.05, 3.63) is 23.2 Å². The van der Waals surface area contributed by atoms with Gasteiger partial charge in [-0.05, 0) is 18.2 Å². The first-order valence-electron chi connectivity index (χ1n) is 6.56. The second-order valence-corrected chi connectivity index (χ2v) is 4.83. The first-order valence-corrected chi connectivity index (χ1v) is 6.94. The average Bonchev–Trinajstić information content (AvgIpc) is 2.50. The van der Waals surface area contributed by atoms with E-state index in [2.05, 4.69) is 5.32 Å². The highest BCUT2D eigenvalue weighted by Gasteiger charge is 2.22. The molecule has 2 amide bonds. The van der Waals surface area contributed by atoms with E-state index in [1.165, 1.54) is 37.3 Å².